The average molecular weight is 963 g/mol. The van der Waals surface area contributed by atoms with Crippen LogP contribution in [0.2, 0.25) is 0 Å². The van der Waals surface area contributed by atoms with Gasteiger partial charge in [0.25, 0.3) is 0 Å². The molecule has 0 aromatic heterocycles. The van der Waals surface area contributed by atoms with Gasteiger partial charge in [-0.05, 0) is 233 Å². The summed E-state index contributed by atoms with van der Waals surface area (Å²) in [5, 5.41) is 15.5. The van der Waals surface area contributed by atoms with Crippen LogP contribution in [0.15, 0.2) is 158 Å². The maximum Gasteiger partial charge on any atom is 0.118 e. The molecule has 3 heteroatoms. The molecule has 0 heterocycles. The lowest BCUT2D eigenvalue weighted by molar-refractivity contribution is 0.415. The van der Waals surface area contributed by atoms with E-state index in [1.54, 1.807) is 21.3 Å². The molecule has 0 spiro atoms. The third-order valence-corrected chi connectivity index (χ3v) is 16.7. The van der Waals surface area contributed by atoms with Gasteiger partial charge in [0.15, 0.2) is 0 Å². The maximum absolute atomic E-state index is 5.79. The Kier molecular flexibility index (Phi) is 9.97. The lowest BCUT2D eigenvalue weighted by Crippen LogP contribution is -2.17. The first-order chi connectivity index (χ1) is 35.4. The molecular formula is C71H62O3. The highest BCUT2D eigenvalue weighted by Gasteiger charge is 2.42. The molecule has 0 saturated carbocycles. The van der Waals surface area contributed by atoms with Gasteiger partial charge in [0.2, 0.25) is 0 Å². The minimum absolute atomic E-state index is 0.0544. The second kappa shape index (κ2) is 16.1. The molecule has 1 aliphatic rings. The van der Waals surface area contributed by atoms with Gasteiger partial charge in [-0.25, -0.2) is 0 Å². The van der Waals surface area contributed by atoms with E-state index in [2.05, 4.69) is 220 Å². The molecule has 0 bridgehead atoms. The normalized spacial score (nSPS) is 13.5. The van der Waals surface area contributed by atoms with Crippen LogP contribution in [0.1, 0.15) is 83.2 Å². The van der Waals surface area contributed by atoms with Gasteiger partial charge in [-0.1, -0.05) is 146 Å². The second-order valence-corrected chi connectivity index (χ2v) is 23.7. The van der Waals surface area contributed by atoms with E-state index in [9.17, 15) is 0 Å². The SMILES string of the molecule is COc1ccc(-c2cc3cc(C(C)(C)C)cc4cc(-c5ccc(OC)cc5)c5c6c(cc2c5c34)-c2cc3c(-c4ccc(C)cc4)cc4cc(C(C)(C)C)cc5cc(-c7ccc(OC)cc7)c(c2C6(C)C)c3c45)cc1. The summed E-state index contributed by atoms with van der Waals surface area (Å²) in [6.07, 6.45) is 0. The zero-order valence-corrected chi connectivity index (χ0v) is 44.7. The van der Waals surface area contributed by atoms with Crippen molar-refractivity contribution in [2.75, 3.05) is 21.3 Å². The Bertz CT molecular complexity index is 4220. The van der Waals surface area contributed by atoms with Crippen molar-refractivity contribution in [2.45, 2.75) is 78.6 Å². The summed E-state index contributed by atoms with van der Waals surface area (Å²) < 4.78 is 17.3. The Balaban J connectivity index is 1.26. The van der Waals surface area contributed by atoms with Gasteiger partial charge in [-0.2, -0.15) is 0 Å². The molecule has 0 atom stereocenters. The Labute approximate surface area is 435 Å². The van der Waals surface area contributed by atoms with Crippen molar-refractivity contribution in [2.24, 2.45) is 0 Å². The van der Waals surface area contributed by atoms with Gasteiger partial charge in [-0.15, -0.1) is 0 Å². The monoisotopic (exact) mass is 962 g/mol. The summed E-state index contributed by atoms with van der Waals surface area (Å²) in [4.78, 5) is 0. The zero-order valence-electron chi connectivity index (χ0n) is 44.7. The number of hydrogen-bond acceptors (Lipinski definition) is 3. The Morgan fingerprint density at radius 1 is 0.324 bits per heavy atom. The van der Waals surface area contributed by atoms with Crippen LogP contribution in [0.3, 0.4) is 0 Å². The van der Waals surface area contributed by atoms with E-state index >= 15 is 0 Å². The van der Waals surface area contributed by atoms with Crippen LogP contribution in [-0.4, -0.2) is 21.3 Å². The summed E-state index contributed by atoms with van der Waals surface area (Å²) in [5.74, 6) is 2.53. The van der Waals surface area contributed by atoms with Crippen LogP contribution in [0.4, 0.5) is 0 Å². The second-order valence-electron chi connectivity index (χ2n) is 23.7. The van der Waals surface area contributed by atoms with Crippen molar-refractivity contribution in [3.05, 3.63) is 186 Å². The highest BCUT2D eigenvalue weighted by molar-refractivity contribution is 6.35. The molecule has 0 fully saturated rings. The van der Waals surface area contributed by atoms with E-state index in [0.29, 0.717) is 0 Å². The molecule has 364 valence electrons. The predicted molar refractivity (Wildman–Crippen MR) is 315 cm³/mol. The molecule has 13 rings (SSSR count). The molecule has 74 heavy (non-hydrogen) atoms. The summed E-state index contributed by atoms with van der Waals surface area (Å²) in [5.41, 5.74) is 18.3. The van der Waals surface area contributed by atoms with E-state index in [1.165, 1.54) is 143 Å². The van der Waals surface area contributed by atoms with E-state index in [1.807, 2.05) is 0 Å². The first-order valence-corrected chi connectivity index (χ1v) is 26.1. The van der Waals surface area contributed by atoms with Crippen molar-refractivity contribution >= 4 is 64.6 Å². The van der Waals surface area contributed by atoms with Crippen LogP contribution in [0.5, 0.6) is 17.2 Å². The topological polar surface area (TPSA) is 27.7 Å². The van der Waals surface area contributed by atoms with Crippen molar-refractivity contribution in [1.29, 1.82) is 0 Å². The minimum Gasteiger partial charge on any atom is -0.497 e. The van der Waals surface area contributed by atoms with Crippen molar-refractivity contribution in [3.63, 3.8) is 0 Å². The molecule has 0 amide bonds. The maximum atomic E-state index is 5.79. The number of hydrogen-bond donors (Lipinski definition) is 0. The summed E-state index contributed by atoms with van der Waals surface area (Å²) in [6, 6.07) is 60.3. The molecule has 1 aliphatic carbocycles. The van der Waals surface area contributed by atoms with Crippen LogP contribution < -0.4 is 14.2 Å². The lowest BCUT2D eigenvalue weighted by atomic mass is 9.73. The number of rotatable bonds is 7. The largest absolute Gasteiger partial charge is 0.497 e. The molecule has 0 unspecified atom stereocenters. The molecule has 0 radical (unpaired) electrons. The fourth-order valence-corrected chi connectivity index (χ4v) is 12.9. The molecule has 3 nitrogen and oxygen atoms in total. The standard InChI is InChI=1S/C71H62O3/c1-39-13-15-40(16-14-39)53-33-44-29-48(69(2,3)4)31-46-35-55(42-19-25-51(73-11)26-20-42)65-63(61(44)46)57(53)37-59-60-38-58-54(41-17-23-50(72-10)24-18-41)34-45-30-49(70(5,6)7)32-47-36-56(43-21-27-52(74-12)28-22-43)66(64(58)62(45)47)68(60)71(8,9)67(59)65/h13-38H,1-12H3. The predicted octanol–water partition coefficient (Wildman–Crippen LogP) is 19.4. The van der Waals surface area contributed by atoms with Gasteiger partial charge >= 0.3 is 0 Å². The minimum atomic E-state index is -0.463. The number of ether oxygens (including phenoxy) is 3. The van der Waals surface area contributed by atoms with E-state index < -0.39 is 5.41 Å². The van der Waals surface area contributed by atoms with Gasteiger partial charge in [0.1, 0.15) is 17.2 Å². The summed E-state index contributed by atoms with van der Waals surface area (Å²) in [7, 11) is 5.24. The average Bonchev–Trinajstić information content (AvgIpc) is 3.69. The smallest absolute Gasteiger partial charge is 0.118 e. The van der Waals surface area contributed by atoms with Gasteiger partial charge in [0, 0.05) is 5.41 Å². The van der Waals surface area contributed by atoms with Crippen molar-refractivity contribution < 1.29 is 14.2 Å². The van der Waals surface area contributed by atoms with Crippen LogP contribution in [-0.2, 0) is 16.2 Å². The highest BCUT2D eigenvalue weighted by Crippen LogP contribution is 2.61. The van der Waals surface area contributed by atoms with Gasteiger partial charge in [0.05, 0.1) is 21.3 Å². The lowest BCUT2D eigenvalue weighted by Gasteiger charge is -2.30. The Hall–Kier alpha value is -7.88. The number of benzene rings is 12. The summed E-state index contributed by atoms with van der Waals surface area (Å²) >= 11 is 0. The van der Waals surface area contributed by atoms with Gasteiger partial charge in [-0.3, -0.25) is 0 Å². The molecule has 12 aromatic rings. The Morgan fingerprint density at radius 3 is 0.932 bits per heavy atom. The van der Waals surface area contributed by atoms with Crippen molar-refractivity contribution in [1.82, 2.24) is 0 Å². The number of fused-ring (bicyclic) bond motifs is 5. The fourth-order valence-electron chi connectivity index (χ4n) is 12.9. The van der Waals surface area contributed by atoms with Crippen LogP contribution in [0, 0.1) is 6.92 Å². The molecule has 0 N–H and O–H groups in total. The van der Waals surface area contributed by atoms with Crippen LogP contribution in [0.25, 0.3) is 120 Å². The van der Waals surface area contributed by atoms with Gasteiger partial charge < -0.3 is 14.2 Å². The molecular weight excluding hydrogens is 901 g/mol. The third-order valence-electron chi connectivity index (χ3n) is 16.7. The first-order valence-electron chi connectivity index (χ1n) is 26.1. The number of methoxy groups -OCH3 is 3. The van der Waals surface area contributed by atoms with Crippen LogP contribution >= 0.6 is 0 Å². The molecule has 12 aromatic carbocycles. The summed E-state index contributed by atoms with van der Waals surface area (Å²) in [6.45, 7) is 21.2. The third kappa shape index (κ3) is 6.78. The number of aryl methyl sites for hydroxylation is 1. The van der Waals surface area contributed by atoms with E-state index in [0.717, 1.165) is 22.8 Å². The fraction of sp³-hybridized carbons (Fsp3) is 0.211. The first kappa shape index (κ1) is 45.9. The van der Waals surface area contributed by atoms with Crippen molar-refractivity contribution in [3.8, 4) is 72.9 Å². The quantitative estimate of drug-likeness (QED) is 0.149. The molecule has 0 aliphatic heterocycles. The zero-order chi connectivity index (χ0) is 51.3. The Morgan fingerprint density at radius 2 is 0.622 bits per heavy atom. The molecule has 0 saturated heterocycles. The van der Waals surface area contributed by atoms with E-state index in [4.69, 9.17) is 14.2 Å². The van der Waals surface area contributed by atoms with E-state index in [-0.39, 0.29) is 10.8 Å². The highest BCUT2D eigenvalue weighted by atomic mass is 16.5.